The summed E-state index contributed by atoms with van der Waals surface area (Å²) in [5, 5.41) is -0.130. The molecule has 0 radical (unpaired) electrons. The highest BCUT2D eigenvalue weighted by molar-refractivity contribution is 9.10. The van der Waals surface area contributed by atoms with Crippen LogP contribution in [0.25, 0.3) is 16.6 Å². The first-order chi connectivity index (χ1) is 9.06. The van der Waals surface area contributed by atoms with Crippen molar-refractivity contribution in [2.24, 2.45) is 0 Å². The average Bonchev–Trinajstić information content (AvgIpc) is 2.39. The zero-order valence-electron chi connectivity index (χ0n) is 9.43. The van der Waals surface area contributed by atoms with Crippen molar-refractivity contribution in [1.82, 2.24) is 9.38 Å². The molecule has 0 bridgehead atoms. The monoisotopic (exact) mass is 336 g/mol. The van der Waals surface area contributed by atoms with Gasteiger partial charge in [-0.25, -0.2) is 4.98 Å². The van der Waals surface area contributed by atoms with Crippen LogP contribution in [0.2, 0.25) is 0 Å². The van der Waals surface area contributed by atoms with E-state index >= 15 is 0 Å². The minimum atomic E-state index is -0.608. The van der Waals surface area contributed by atoms with E-state index in [0.717, 1.165) is 4.47 Å². The van der Waals surface area contributed by atoms with Crippen molar-refractivity contribution in [3.8, 4) is 0 Å². The highest BCUT2D eigenvalue weighted by atomic mass is 79.9. The molecule has 0 N–H and O–H groups in total. The molecule has 0 saturated carbocycles. The third kappa shape index (κ3) is 2.05. The van der Waals surface area contributed by atoms with Gasteiger partial charge in [0.05, 0.1) is 16.5 Å². The second-order valence-electron chi connectivity index (χ2n) is 4.00. The lowest BCUT2D eigenvalue weighted by Crippen LogP contribution is -2.16. The molecule has 0 spiro atoms. The van der Waals surface area contributed by atoms with Crippen molar-refractivity contribution >= 4 is 49.3 Å². The molecular formula is C13H6BrClN2O2. The van der Waals surface area contributed by atoms with Crippen molar-refractivity contribution in [2.45, 2.75) is 0 Å². The SMILES string of the molecule is O=C(Cl)c1ccc2nc3ccc(Br)cc3c(=O)n2c1. The van der Waals surface area contributed by atoms with E-state index in [1.165, 1.54) is 10.6 Å². The highest BCUT2D eigenvalue weighted by Gasteiger charge is 2.08. The van der Waals surface area contributed by atoms with Gasteiger partial charge in [0.25, 0.3) is 10.8 Å². The zero-order valence-corrected chi connectivity index (χ0v) is 11.8. The minimum Gasteiger partial charge on any atom is -0.276 e. The Morgan fingerprint density at radius 3 is 2.79 bits per heavy atom. The van der Waals surface area contributed by atoms with Gasteiger partial charge in [0.2, 0.25) is 0 Å². The summed E-state index contributed by atoms with van der Waals surface area (Å²) in [6.45, 7) is 0. The van der Waals surface area contributed by atoms with Gasteiger partial charge in [-0.2, -0.15) is 0 Å². The van der Waals surface area contributed by atoms with E-state index in [0.29, 0.717) is 16.6 Å². The van der Waals surface area contributed by atoms with Gasteiger partial charge in [0, 0.05) is 10.7 Å². The van der Waals surface area contributed by atoms with Gasteiger partial charge < -0.3 is 0 Å². The van der Waals surface area contributed by atoms with Gasteiger partial charge in [-0.1, -0.05) is 15.9 Å². The third-order valence-corrected chi connectivity index (χ3v) is 3.51. The Morgan fingerprint density at radius 2 is 2.05 bits per heavy atom. The van der Waals surface area contributed by atoms with E-state index in [2.05, 4.69) is 20.9 Å². The predicted octanol–water partition coefficient (Wildman–Crippen LogP) is 2.99. The number of benzene rings is 1. The summed E-state index contributed by atoms with van der Waals surface area (Å²) >= 11 is 8.73. The van der Waals surface area contributed by atoms with Crippen LogP contribution in [0.5, 0.6) is 0 Å². The van der Waals surface area contributed by atoms with Crippen molar-refractivity contribution in [2.75, 3.05) is 0 Å². The maximum absolute atomic E-state index is 12.4. The van der Waals surface area contributed by atoms with E-state index in [4.69, 9.17) is 11.6 Å². The molecule has 0 aliphatic carbocycles. The number of carbonyl (C=O) groups excluding carboxylic acids is 1. The first-order valence-electron chi connectivity index (χ1n) is 5.38. The first kappa shape index (κ1) is 12.3. The lowest BCUT2D eigenvalue weighted by atomic mass is 10.2. The molecule has 0 atom stereocenters. The fourth-order valence-corrected chi connectivity index (χ4v) is 2.37. The molecule has 94 valence electrons. The number of fused-ring (bicyclic) bond motifs is 2. The molecule has 0 unspecified atom stereocenters. The van der Waals surface area contributed by atoms with E-state index in [9.17, 15) is 9.59 Å². The Hall–Kier alpha value is -1.72. The van der Waals surface area contributed by atoms with E-state index in [-0.39, 0.29) is 11.1 Å². The summed E-state index contributed by atoms with van der Waals surface area (Å²) < 4.78 is 2.12. The Labute approximate surface area is 120 Å². The second-order valence-corrected chi connectivity index (χ2v) is 5.26. The molecule has 4 nitrogen and oxygen atoms in total. The van der Waals surface area contributed by atoms with E-state index < -0.39 is 5.24 Å². The van der Waals surface area contributed by atoms with Crippen LogP contribution in [0, 0.1) is 0 Å². The van der Waals surface area contributed by atoms with Crippen molar-refractivity contribution in [1.29, 1.82) is 0 Å². The van der Waals surface area contributed by atoms with Crippen LogP contribution in [0.1, 0.15) is 10.4 Å². The second kappa shape index (κ2) is 4.43. The molecule has 2 aromatic heterocycles. The van der Waals surface area contributed by atoms with Crippen LogP contribution in [0.4, 0.5) is 0 Å². The molecule has 0 aliphatic rings. The van der Waals surface area contributed by atoms with Gasteiger partial charge in [0.1, 0.15) is 5.65 Å². The van der Waals surface area contributed by atoms with Crippen LogP contribution in [-0.4, -0.2) is 14.6 Å². The fraction of sp³-hybridized carbons (Fsp3) is 0. The lowest BCUT2D eigenvalue weighted by molar-refractivity contribution is 0.108. The molecule has 3 aromatic rings. The summed E-state index contributed by atoms with van der Waals surface area (Å²) in [5.41, 5.74) is 1.10. The summed E-state index contributed by atoms with van der Waals surface area (Å²) in [7, 11) is 0. The molecule has 0 aliphatic heterocycles. The topological polar surface area (TPSA) is 51.4 Å². The number of halogens is 2. The largest absolute Gasteiger partial charge is 0.276 e. The third-order valence-electron chi connectivity index (χ3n) is 2.80. The molecule has 19 heavy (non-hydrogen) atoms. The maximum Gasteiger partial charge on any atom is 0.265 e. The van der Waals surface area contributed by atoms with Gasteiger partial charge in [-0.15, -0.1) is 0 Å². The van der Waals surface area contributed by atoms with Gasteiger partial charge in [-0.3, -0.25) is 14.0 Å². The van der Waals surface area contributed by atoms with Crippen LogP contribution < -0.4 is 5.56 Å². The molecule has 2 heterocycles. The maximum atomic E-state index is 12.4. The minimum absolute atomic E-state index is 0.235. The Morgan fingerprint density at radius 1 is 1.26 bits per heavy atom. The predicted molar refractivity (Wildman–Crippen MR) is 76.9 cm³/mol. The number of nitrogens with zero attached hydrogens (tertiary/aromatic N) is 2. The highest BCUT2D eigenvalue weighted by Crippen LogP contribution is 2.16. The van der Waals surface area contributed by atoms with Crippen LogP contribution in [0.3, 0.4) is 0 Å². The average molecular weight is 338 g/mol. The van der Waals surface area contributed by atoms with Crippen molar-refractivity contribution in [3.63, 3.8) is 0 Å². The summed E-state index contributed by atoms with van der Waals surface area (Å²) in [6.07, 6.45) is 1.40. The molecule has 1 aromatic carbocycles. The zero-order chi connectivity index (χ0) is 13.6. The normalized spacial score (nSPS) is 11.1. The van der Waals surface area contributed by atoms with Crippen LogP contribution >= 0.6 is 27.5 Å². The number of carbonyl (C=O) groups is 1. The van der Waals surface area contributed by atoms with Gasteiger partial charge >= 0.3 is 0 Å². The number of pyridine rings is 1. The van der Waals surface area contributed by atoms with E-state index in [1.54, 1.807) is 24.3 Å². The molecule has 0 saturated heterocycles. The molecule has 3 rings (SSSR count). The number of hydrogen-bond acceptors (Lipinski definition) is 3. The summed E-state index contributed by atoms with van der Waals surface area (Å²) in [5.74, 6) is 0. The Bertz CT molecular complexity index is 889. The van der Waals surface area contributed by atoms with Crippen molar-refractivity contribution < 1.29 is 4.79 Å². The number of aromatic nitrogens is 2. The Balaban J connectivity index is 2.48. The summed E-state index contributed by atoms with van der Waals surface area (Å²) in [6, 6.07) is 8.43. The fourth-order valence-electron chi connectivity index (χ4n) is 1.89. The standard InChI is InChI=1S/C13H6BrClN2O2/c14-8-2-3-10-9(5-8)13(19)17-6-7(12(15)18)1-4-11(17)16-10/h1-6H. The quantitative estimate of drug-likeness (QED) is 0.507. The van der Waals surface area contributed by atoms with Gasteiger partial charge in [-0.05, 0) is 41.9 Å². The summed E-state index contributed by atoms with van der Waals surface area (Å²) in [4.78, 5) is 27.9. The Kier molecular flexibility index (Phi) is 2.88. The molecule has 6 heteroatoms. The van der Waals surface area contributed by atoms with Crippen molar-refractivity contribution in [3.05, 3.63) is 56.9 Å². The molecule has 0 fully saturated rings. The van der Waals surface area contributed by atoms with Crippen LogP contribution in [0.15, 0.2) is 45.8 Å². The molecular weight excluding hydrogens is 332 g/mol. The molecule has 0 amide bonds. The van der Waals surface area contributed by atoms with Gasteiger partial charge in [0.15, 0.2) is 0 Å². The lowest BCUT2D eigenvalue weighted by Gasteiger charge is -2.04. The smallest absolute Gasteiger partial charge is 0.265 e. The number of rotatable bonds is 1. The van der Waals surface area contributed by atoms with Crippen LogP contribution in [-0.2, 0) is 0 Å². The van der Waals surface area contributed by atoms with E-state index in [1.807, 2.05) is 6.07 Å². The number of hydrogen-bond donors (Lipinski definition) is 0. The first-order valence-corrected chi connectivity index (χ1v) is 6.55.